The predicted molar refractivity (Wildman–Crippen MR) is 58.2 cm³/mol. The summed E-state index contributed by atoms with van der Waals surface area (Å²) in [7, 11) is 0. The van der Waals surface area contributed by atoms with Crippen molar-refractivity contribution in [1.82, 2.24) is 5.32 Å². The lowest BCUT2D eigenvalue weighted by Crippen LogP contribution is -2.29. The molecule has 0 aromatic heterocycles. The Hall–Kier alpha value is -0.960. The van der Waals surface area contributed by atoms with E-state index in [9.17, 15) is 8.78 Å². The Bertz CT molecular complexity index is 271. The topological polar surface area (TPSA) is 12.0 Å². The van der Waals surface area contributed by atoms with Crippen LogP contribution in [-0.2, 0) is 6.42 Å². The molecule has 0 fully saturated rings. The molecular formula is C12H17F2N. The molecular weight excluding hydrogens is 196 g/mol. The van der Waals surface area contributed by atoms with E-state index in [4.69, 9.17) is 0 Å². The third kappa shape index (κ3) is 4.88. The highest BCUT2D eigenvalue weighted by molar-refractivity contribution is 5.16. The molecule has 0 aliphatic heterocycles. The van der Waals surface area contributed by atoms with Gasteiger partial charge in [0.15, 0.2) is 0 Å². The Labute approximate surface area is 89.5 Å². The summed E-state index contributed by atoms with van der Waals surface area (Å²) < 4.78 is 24.4. The largest absolute Gasteiger partial charge is 0.314 e. The smallest absolute Gasteiger partial charge is 0.123 e. The van der Waals surface area contributed by atoms with Gasteiger partial charge in [0.1, 0.15) is 5.82 Å². The number of hydrogen-bond donors (Lipinski definition) is 1. The second-order valence-electron chi connectivity index (χ2n) is 3.73. The first-order valence-corrected chi connectivity index (χ1v) is 5.26. The van der Waals surface area contributed by atoms with Gasteiger partial charge in [-0.15, -0.1) is 0 Å². The third-order valence-electron chi connectivity index (χ3n) is 2.26. The molecule has 0 radical (unpaired) electrons. The minimum Gasteiger partial charge on any atom is -0.314 e. The van der Waals surface area contributed by atoms with Gasteiger partial charge >= 0.3 is 0 Å². The summed E-state index contributed by atoms with van der Waals surface area (Å²) in [5, 5.41) is 3.21. The number of rotatable bonds is 6. The van der Waals surface area contributed by atoms with Gasteiger partial charge in [-0.25, -0.2) is 4.39 Å². The third-order valence-corrected chi connectivity index (χ3v) is 2.26. The molecule has 84 valence electrons. The van der Waals surface area contributed by atoms with E-state index in [2.05, 4.69) is 5.32 Å². The van der Waals surface area contributed by atoms with E-state index in [0.29, 0.717) is 19.0 Å². The van der Waals surface area contributed by atoms with Gasteiger partial charge in [0.2, 0.25) is 0 Å². The summed E-state index contributed by atoms with van der Waals surface area (Å²) in [5.74, 6) is -0.211. The minimum atomic E-state index is -0.281. The number of nitrogens with one attached hydrogen (secondary N) is 1. The summed E-state index contributed by atoms with van der Waals surface area (Å²) in [5.41, 5.74) is 1.09. The molecule has 0 aliphatic rings. The molecule has 1 nitrogen and oxygen atoms in total. The molecule has 0 spiro atoms. The zero-order valence-electron chi connectivity index (χ0n) is 8.97. The van der Waals surface area contributed by atoms with Crippen molar-refractivity contribution in [1.29, 1.82) is 0 Å². The molecule has 0 amide bonds. The molecule has 1 N–H and O–H groups in total. The molecule has 0 bridgehead atoms. The molecule has 0 aliphatic carbocycles. The maximum absolute atomic E-state index is 12.6. The average Bonchev–Trinajstić information content (AvgIpc) is 2.22. The van der Waals surface area contributed by atoms with Crippen molar-refractivity contribution < 1.29 is 8.78 Å². The molecule has 1 aromatic rings. The Morgan fingerprint density at radius 1 is 1.27 bits per heavy atom. The maximum Gasteiger partial charge on any atom is 0.123 e. The monoisotopic (exact) mass is 213 g/mol. The van der Waals surface area contributed by atoms with E-state index in [0.717, 1.165) is 12.0 Å². The van der Waals surface area contributed by atoms with Gasteiger partial charge in [-0.05, 0) is 44.0 Å². The van der Waals surface area contributed by atoms with Crippen LogP contribution in [0.25, 0.3) is 0 Å². The summed E-state index contributed by atoms with van der Waals surface area (Å²) in [6.07, 6.45) is 1.39. The molecule has 3 heteroatoms. The minimum absolute atomic E-state index is 0.211. The second-order valence-corrected chi connectivity index (χ2v) is 3.73. The summed E-state index contributed by atoms with van der Waals surface area (Å²) in [6, 6.07) is 6.78. The fourth-order valence-corrected chi connectivity index (χ4v) is 1.46. The first kappa shape index (κ1) is 12.1. The van der Waals surface area contributed by atoms with Crippen molar-refractivity contribution in [2.24, 2.45) is 0 Å². The molecule has 0 saturated heterocycles. The van der Waals surface area contributed by atoms with Crippen LogP contribution in [0.1, 0.15) is 18.9 Å². The first-order valence-electron chi connectivity index (χ1n) is 5.26. The normalized spacial score (nSPS) is 12.7. The maximum atomic E-state index is 12.6. The molecule has 1 unspecified atom stereocenters. The highest BCUT2D eigenvalue weighted by Gasteiger charge is 2.02. The average molecular weight is 213 g/mol. The number of hydrogen-bond acceptors (Lipinski definition) is 1. The van der Waals surface area contributed by atoms with Crippen LogP contribution in [0.3, 0.4) is 0 Å². The molecule has 1 atom stereocenters. The summed E-state index contributed by atoms with van der Waals surface area (Å²) in [6.45, 7) is 2.46. The van der Waals surface area contributed by atoms with Crippen molar-refractivity contribution in [2.45, 2.75) is 25.8 Å². The Morgan fingerprint density at radius 2 is 1.93 bits per heavy atom. The van der Waals surface area contributed by atoms with Gasteiger partial charge in [-0.3, -0.25) is 4.39 Å². The zero-order chi connectivity index (χ0) is 11.1. The van der Waals surface area contributed by atoms with Gasteiger partial charge in [-0.2, -0.15) is 0 Å². The number of halogens is 2. The van der Waals surface area contributed by atoms with Crippen LogP contribution < -0.4 is 5.32 Å². The lowest BCUT2D eigenvalue weighted by molar-refractivity contribution is 0.442. The van der Waals surface area contributed by atoms with Crippen LogP contribution >= 0.6 is 0 Å². The Morgan fingerprint density at radius 3 is 2.53 bits per heavy atom. The summed E-state index contributed by atoms with van der Waals surface area (Å²) >= 11 is 0. The highest BCUT2D eigenvalue weighted by atomic mass is 19.1. The van der Waals surface area contributed by atoms with E-state index < -0.39 is 0 Å². The lowest BCUT2D eigenvalue weighted by atomic mass is 10.1. The fraction of sp³-hybridized carbons (Fsp3) is 0.500. The van der Waals surface area contributed by atoms with Crippen molar-refractivity contribution in [3.05, 3.63) is 35.6 Å². The molecule has 15 heavy (non-hydrogen) atoms. The molecule has 1 rings (SSSR count). The van der Waals surface area contributed by atoms with Crippen LogP contribution in [0, 0.1) is 5.82 Å². The van der Waals surface area contributed by atoms with Crippen LogP contribution in [0.2, 0.25) is 0 Å². The van der Waals surface area contributed by atoms with Crippen molar-refractivity contribution in [3.63, 3.8) is 0 Å². The first-order chi connectivity index (χ1) is 7.22. The van der Waals surface area contributed by atoms with E-state index in [1.807, 2.05) is 6.92 Å². The van der Waals surface area contributed by atoms with Crippen molar-refractivity contribution in [2.75, 3.05) is 13.2 Å². The number of benzene rings is 1. The quantitative estimate of drug-likeness (QED) is 0.716. The molecule has 0 saturated carbocycles. The van der Waals surface area contributed by atoms with E-state index in [1.165, 1.54) is 12.1 Å². The van der Waals surface area contributed by atoms with E-state index in [1.54, 1.807) is 12.1 Å². The van der Waals surface area contributed by atoms with Crippen LogP contribution in [0.15, 0.2) is 24.3 Å². The lowest BCUT2D eigenvalue weighted by Gasteiger charge is -2.13. The zero-order valence-corrected chi connectivity index (χ0v) is 8.97. The van der Waals surface area contributed by atoms with Crippen LogP contribution in [0.5, 0.6) is 0 Å². The van der Waals surface area contributed by atoms with Gasteiger partial charge < -0.3 is 5.32 Å². The Balaban J connectivity index is 2.31. The molecule has 0 heterocycles. The van der Waals surface area contributed by atoms with Crippen LogP contribution in [0.4, 0.5) is 8.78 Å². The van der Waals surface area contributed by atoms with Crippen LogP contribution in [-0.4, -0.2) is 19.3 Å². The summed E-state index contributed by atoms with van der Waals surface area (Å²) in [4.78, 5) is 0. The Kier molecular flexibility index (Phi) is 5.26. The molecule has 1 aromatic carbocycles. The second kappa shape index (κ2) is 6.51. The predicted octanol–water partition coefficient (Wildman–Crippen LogP) is 2.71. The van der Waals surface area contributed by atoms with Gasteiger partial charge in [0, 0.05) is 6.04 Å². The van der Waals surface area contributed by atoms with E-state index in [-0.39, 0.29) is 12.5 Å². The van der Waals surface area contributed by atoms with Gasteiger partial charge in [0.25, 0.3) is 0 Å². The highest BCUT2D eigenvalue weighted by Crippen LogP contribution is 2.05. The van der Waals surface area contributed by atoms with E-state index >= 15 is 0 Å². The fourth-order valence-electron chi connectivity index (χ4n) is 1.46. The van der Waals surface area contributed by atoms with Crippen molar-refractivity contribution in [3.8, 4) is 0 Å². The SMILES string of the molecule is CC(Cc1ccc(F)cc1)NCCCF. The van der Waals surface area contributed by atoms with Gasteiger partial charge in [-0.1, -0.05) is 12.1 Å². The van der Waals surface area contributed by atoms with Gasteiger partial charge in [0.05, 0.1) is 6.67 Å². The standard InChI is InChI=1S/C12H17F2N/c1-10(15-8-2-7-13)9-11-3-5-12(14)6-4-11/h3-6,10,15H,2,7-9H2,1H3. The van der Waals surface area contributed by atoms with Crippen molar-refractivity contribution >= 4 is 0 Å². The number of alkyl halides is 1.